The van der Waals surface area contributed by atoms with E-state index >= 15 is 0 Å². The Balaban J connectivity index is 1.57. The third-order valence-electron chi connectivity index (χ3n) is 6.27. The number of benzene rings is 5. The number of fused-ring (bicyclic) bond motifs is 2. The molecule has 0 fully saturated rings. The van der Waals surface area contributed by atoms with Crippen LogP contribution in [0.25, 0.3) is 55.2 Å². The van der Waals surface area contributed by atoms with Crippen LogP contribution in [0.15, 0.2) is 121 Å². The van der Waals surface area contributed by atoms with E-state index in [0.717, 1.165) is 22.5 Å². The first-order chi connectivity index (χ1) is 16.2. The maximum Gasteiger partial charge on any atom is 0.0715 e. The van der Waals surface area contributed by atoms with E-state index in [1.807, 2.05) is 0 Å². The molecule has 33 heavy (non-hydrogen) atoms. The van der Waals surface area contributed by atoms with Crippen LogP contribution in [-0.2, 0) is 0 Å². The second-order valence-electron chi connectivity index (χ2n) is 8.62. The van der Waals surface area contributed by atoms with Crippen molar-refractivity contribution in [3.8, 4) is 33.6 Å². The minimum Gasteiger partial charge on any atom is -0.248 e. The zero-order valence-electron chi connectivity index (χ0n) is 18.5. The van der Waals surface area contributed by atoms with Crippen molar-refractivity contribution >= 4 is 21.5 Å². The van der Waals surface area contributed by atoms with Gasteiger partial charge in [-0.15, -0.1) is 0 Å². The Morgan fingerprint density at radius 3 is 1.48 bits per heavy atom. The zero-order chi connectivity index (χ0) is 22.2. The fraction of sp³-hybridized carbons (Fsp3) is 0.0312. The smallest absolute Gasteiger partial charge is 0.0715 e. The number of nitrogens with zero attached hydrogens (tertiary/aromatic N) is 1. The van der Waals surface area contributed by atoms with E-state index in [9.17, 15) is 0 Å². The van der Waals surface area contributed by atoms with Crippen molar-refractivity contribution in [1.29, 1.82) is 0 Å². The molecule has 0 amide bonds. The molecule has 0 aliphatic carbocycles. The lowest BCUT2D eigenvalue weighted by molar-refractivity contribution is 1.32. The predicted molar refractivity (Wildman–Crippen MR) is 140 cm³/mol. The van der Waals surface area contributed by atoms with Crippen molar-refractivity contribution in [1.82, 2.24) is 4.98 Å². The fourth-order valence-corrected chi connectivity index (χ4v) is 4.51. The summed E-state index contributed by atoms with van der Waals surface area (Å²) in [6, 6.07) is 43.2. The summed E-state index contributed by atoms with van der Waals surface area (Å²) >= 11 is 0. The van der Waals surface area contributed by atoms with Gasteiger partial charge in [0.05, 0.1) is 11.4 Å². The number of rotatable bonds is 3. The molecule has 1 heterocycles. The lowest BCUT2D eigenvalue weighted by Crippen LogP contribution is -1.92. The molecule has 1 aromatic heterocycles. The summed E-state index contributed by atoms with van der Waals surface area (Å²) in [5.74, 6) is 0. The molecule has 0 radical (unpaired) electrons. The lowest BCUT2D eigenvalue weighted by Gasteiger charge is -2.12. The molecule has 6 rings (SSSR count). The second kappa shape index (κ2) is 8.03. The van der Waals surface area contributed by atoms with Crippen LogP contribution in [0, 0.1) is 6.92 Å². The van der Waals surface area contributed by atoms with E-state index in [0.29, 0.717) is 0 Å². The molecular weight excluding hydrogens is 398 g/mol. The normalized spacial score (nSPS) is 11.2. The molecule has 6 aromatic rings. The van der Waals surface area contributed by atoms with Crippen molar-refractivity contribution in [2.45, 2.75) is 6.92 Å². The van der Waals surface area contributed by atoms with Gasteiger partial charge in [-0.2, -0.15) is 0 Å². The number of pyridine rings is 1. The quantitative estimate of drug-likeness (QED) is 0.278. The van der Waals surface area contributed by atoms with E-state index in [4.69, 9.17) is 4.98 Å². The highest BCUT2D eigenvalue weighted by Crippen LogP contribution is 2.33. The van der Waals surface area contributed by atoms with Gasteiger partial charge in [0.25, 0.3) is 0 Å². The molecule has 0 unspecified atom stereocenters. The molecule has 0 saturated carbocycles. The summed E-state index contributed by atoms with van der Waals surface area (Å²) in [6.07, 6.45) is 0. The molecular formula is C32H23N. The van der Waals surface area contributed by atoms with Crippen molar-refractivity contribution in [3.05, 3.63) is 127 Å². The summed E-state index contributed by atoms with van der Waals surface area (Å²) in [5, 5.41) is 4.94. The van der Waals surface area contributed by atoms with Crippen LogP contribution in [-0.4, -0.2) is 4.98 Å². The Bertz CT molecular complexity index is 1530. The van der Waals surface area contributed by atoms with Crippen LogP contribution >= 0.6 is 0 Å². The number of aryl methyl sites for hydroxylation is 1. The fourth-order valence-electron chi connectivity index (χ4n) is 4.51. The molecule has 0 aliphatic heterocycles. The predicted octanol–water partition coefficient (Wildman–Crippen LogP) is 8.70. The molecule has 0 spiro atoms. The molecule has 1 nitrogen and oxygen atoms in total. The van der Waals surface area contributed by atoms with Crippen molar-refractivity contribution < 1.29 is 0 Å². The molecule has 0 N–H and O–H groups in total. The van der Waals surface area contributed by atoms with Crippen LogP contribution in [0.5, 0.6) is 0 Å². The number of hydrogen-bond donors (Lipinski definition) is 0. The Kier molecular flexibility index (Phi) is 4.74. The summed E-state index contributed by atoms with van der Waals surface area (Å²) < 4.78 is 0. The maximum absolute atomic E-state index is 5.14. The number of hydrogen-bond acceptors (Lipinski definition) is 1. The van der Waals surface area contributed by atoms with Gasteiger partial charge < -0.3 is 0 Å². The molecule has 0 atom stereocenters. The van der Waals surface area contributed by atoms with Crippen LogP contribution < -0.4 is 0 Å². The Hall–Kier alpha value is -4.23. The monoisotopic (exact) mass is 421 g/mol. The van der Waals surface area contributed by atoms with Gasteiger partial charge in [0.1, 0.15) is 0 Å². The standard InChI is InChI=1S/C32H23N/c1-22-7-6-12-25(17-22)30-20-31(28-15-13-23-8-2-4-10-26(23)18-28)33-32(21-30)29-16-14-24-9-3-5-11-27(24)19-29/h2-21H,1H3. The van der Waals surface area contributed by atoms with Crippen LogP contribution in [0.2, 0.25) is 0 Å². The van der Waals surface area contributed by atoms with Crippen molar-refractivity contribution in [2.75, 3.05) is 0 Å². The van der Waals surface area contributed by atoms with Crippen LogP contribution in [0.3, 0.4) is 0 Å². The summed E-state index contributed by atoms with van der Waals surface area (Å²) in [4.78, 5) is 5.14. The average Bonchev–Trinajstić information content (AvgIpc) is 2.88. The maximum atomic E-state index is 5.14. The highest BCUT2D eigenvalue weighted by atomic mass is 14.7. The first kappa shape index (κ1) is 19.5. The third-order valence-corrected chi connectivity index (χ3v) is 6.27. The van der Waals surface area contributed by atoms with E-state index in [1.54, 1.807) is 0 Å². The van der Waals surface area contributed by atoms with Crippen molar-refractivity contribution in [2.24, 2.45) is 0 Å². The van der Waals surface area contributed by atoms with E-state index in [2.05, 4.69) is 128 Å². The van der Waals surface area contributed by atoms with Crippen LogP contribution in [0.1, 0.15) is 5.56 Å². The van der Waals surface area contributed by atoms with Gasteiger partial charge in [-0.1, -0.05) is 103 Å². The molecule has 0 saturated heterocycles. The first-order valence-corrected chi connectivity index (χ1v) is 11.3. The molecule has 156 valence electrons. The van der Waals surface area contributed by atoms with Crippen LogP contribution in [0.4, 0.5) is 0 Å². The van der Waals surface area contributed by atoms with Gasteiger partial charge in [-0.25, -0.2) is 4.98 Å². The topological polar surface area (TPSA) is 12.9 Å². The van der Waals surface area contributed by atoms with E-state index in [-0.39, 0.29) is 0 Å². The molecule has 0 bridgehead atoms. The number of aromatic nitrogens is 1. The summed E-state index contributed by atoms with van der Waals surface area (Å²) in [5.41, 5.74) is 7.88. The first-order valence-electron chi connectivity index (χ1n) is 11.3. The van der Waals surface area contributed by atoms with Gasteiger partial charge in [0, 0.05) is 11.1 Å². The van der Waals surface area contributed by atoms with Gasteiger partial charge in [-0.3, -0.25) is 0 Å². The van der Waals surface area contributed by atoms with E-state index < -0.39 is 0 Å². The zero-order valence-corrected chi connectivity index (χ0v) is 18.5. The van der Waals surface area contributed by atoms with E-state index in [1.165, 1.54) is 38.2 Å². The minimum absolute atomic E-state index is 0.989. The molecule has 0 aliphatic rings. The van der Waals surface area contributed by atoms with Gasteiger partial charge in [-0.05, 0) is 63.9 Å². The third kappa shape index (κ3) is 3.79. The second-order valence-corrected chi connectivity index (χ2v) is 8.62. The Labute approximate surface area is 194 Å². The molecule has 1 heteroatoms. The molecule has 5 aromatic carbocycles. The highest BCUT2D eigenvalue weighted by Gasteiger charge is 2.10. The summed E-state index contributed by atoms with van der Waals surface area (Å²) in [7, 11) is 0. The van der Waals surface area contributed by atoms with Crippen molar-refractivity contribution in [3.63, 3.8) is 0 Å². The average molecular weight is 422 g/mol. The minimum atomic E-state index is 0.989. The van der Waals surface area contributed by atoms with Gasteiger partial charge >= 0.3 is 0 Å². The highest BCUT2D eigenvalue weighted by molar-refractivity contribution is 5.89. The van der Waals surface area contributed by atoms with Gasteiger partial charge in [0.15, 0.2) is 0 Å². The lowest BCUT2D eigenvalue weighted by atomic mass is 9.97. The largest absolute Gasteiger partial charge is 0.248 e. The summed E-state index contributed by atoms with van der Waals surface area (Å²) in [6.45, 7) is 2.14. The SMILES string of the molecule is Cc1cccc(-c2cc(-c3ccc4ccccc4c3)nc(-c3ccc4ccccc4c3)c2)c1. The Morgan fingerprint density at radius 1 is 0.394 bits per heavy atom. The Morgan fingerprint density at radius 2 is 0.939 bits per heavy atom. The van der Waals surface area contributed by atoms with Gasteiger partial charge in [0.2, 0.25) is 0 Å².